The fraction of sp³-hybridized carbons (Fsp3) is 0.895. The first-order valence-electron chi connectivity index (χ1n) is 9.08. The van der Waals surface area contributed by atoms with E-state index in [1.807, 2.05) is 0 Å². The van der Waals surface area contributed by atoms with Gasteiger partial charge < -0.3 is 10.8 Å². The van der Waals surface area contributed by atoms with Gasteiger partial charge in [0, 0.05) is 6.04 Å². The number of aliphatic hydroxyl groups is 1. The van der Waals surface area contributed by atoms with Crippen LogP contribution in [0.4, 0.5) is 0 Å². The van der Waals surface area contributed by atoms with E-state index >= 15 is 0 Å². The summed E-state index contributed by atoms with van der Waals surface area (Å²) in [7, 11) is 0. The summed E-state index contributed by atoms with van der Waals surface area (Å²) >= 11 is 0. The van der Waals surface area contributed by atoms with Crippen molar-refractivity contribution in [2.24, 2.45) is 34.3 Å². The smallest absolute Gasteiger partial charge is 0.0577 e. The largest absolute Gasteiger partial charge is 0.393 e. The minimum absolute atomic E-state index is 0.0883. The SMILES string of the molecule is C[C@@]12CCC3C(CC=C4CC(O)CC[C@@]43C)C1CCC2N. The Hall–Kier alpha value is -0.340. The van der Waals surface area contributed by atoms with E-state index in [0.29, 0.717) is 16.9 Å². The summed E-state index contributed by atoms with van der Waals surface area (Å²) in [6.07, 6.45) is 12.1. The molecule has 3 fully saturated rings. The molecule has 0 aliphatic heterocycles. The highest BCUT2D eigenvalue weighted by molar-refractivity contribution is 5.25. The third kappa shape index (κ3) is 1.84. The number of fused-ring (bicyclic) bond motifs is 5. The zero-order valence-corrected chi connectivity index (χ0v) is 13.6. The van der Waals surface area contributed by atoms with E-state index < -0.39 is 0 Å². The molecule has 0 aromatic rings. The Labute approximate surface area is 129 Å². The Bertz CT molecular complexity index is 472. The predicted molar refractivity (Wildman–Crippen MR) is 85.7 cm³/mol. The van der Waals surface area contributed by atoms with E-state index in [4.69, 9.17) is 5.73 Å². The molecule has 2 heteroatoms. The van der Waals surface area contributed by atoms with Gasteiger partial charge in [-0.3, -0.25) is 0 Å². The lowest BCUT2D eigenvalue weighted by atomic mass is 9.48. The van der Waals surface area contributed by atoms with Crippen molar-refractivity contribution in [3.63, 3.8) is 0 Å². The van der Waals surface area contributed by atoms with Crippen molar-refractivity contribution in [3.05, 3.63) is 11.6 Å². The van der Waals surface area contributed by atoms with Crippen molar-refractivity contribution in [2.75, 3.05) is 0 Å². The Morgan fingerprint density at radius 2 is 1.90 bits per heavy atom. The van der Waals surface area contributed by atoms with Crippen LogP contribution in [0.5, 0.6) is 0 Å². The van der Waals surface area contributed by atoms with Gasteiger partial charge in [0.15, 0.2) is 0 Å². The first-order chi connectivity index (χ1) is 9.95. The molecule has 3 N–H and O–H groups in total. The van der Waals surface area contributed by atoms with Crippen LogP contribution in [0.2, 0.25) is 0 Å². The zero-order chi connectivity index (χ0) is 14.8. The average molecular weight is 289 g/mol. The zero-order valence-electron chi connectivity index (χ0n) is 13.6. The lowest BCUT2D eigenvalue weighted by Gasteiger charge is -2.57. The van der Waals surface area contributed by atoms with Crippen molar-refractivity contribution in [3.8, 4) is 0 Å². The summed E-state index contributed by atoms with van der Waals surface area (Å²) in [6.45, 7) is 4.97. The molecule has 0 amide bonds. The van der Waals surface area contributed by atoms with E-state index in [1.165, 1.54) is 38.5 Å². The van der Waals surface area contributed by atoms with Crippen LogP contribution >= 0.6 is 0 Å². The van der Waals surface area contributed by atoms with Gasteiger partial charge in [-0.05, 0) is 80.0 Å². The number of rotatable bonds is 0. The lowest BCUT2D eigenvalue weighted by molar-refractivity contribution is -0.0401. The standard InChI is InChI=1S/C19H31NO/c1-18-9-7-13(21)11-12(18)3-4-14-15-5-6-17(20)19(15,2)10-8-16(14)18/h3,13-17,21H,4-11,20H2,1-2H3/t13?,14?,15?,16?,17?,18-,19+/m0/s1. The molecule has 0 bridgehead atoms. The Balaban J connectivity index is 1.68. The second-order valence-electron chi connectivity index (χ2n) is 8.88. The van der Waals surface area contributed by atoms with Crippen molar-refractivity contribution in [2.45, 2.75) is 77.4 Å². The fourth-order valence-electron chi connectivity index (χ4n) is 6.68. The van der Waals surface area contributed by atoms with Crippen LogP contribution in [0, 0.1) is 28.6 Å². The molecule has 0 radical (unpaired) electrons. The predicted octanol–water partition coefficient (Wildman–Crippen LogP) is 3.64. The second-order valence-corrected chi connectivity index (χ2v) is 8.88. The molecule has 0 aromatic carbocycles. The normalized spacial score (nSPS) is 56.2. The monoisotopic (exact) mass is 289 g/mol. The molecule has 2 nitrogen and oxygen atoms in total. The van der Waals surface area contributed by atoms with Gasteiger partial charge in [0.1, 0.15) is 0 Å². The maximum atomic E-state index is 10.0. The van der Waals surface area contributed by atoms with E-state index in [9.17, 15) is 5.11 Å². The van der Waals surface area contributed by atoms with Crippen molar-refractivity contribution >= 4 is 0 Å². The molecule has 118 valence electrons. The molecule has 7 atom stereocenters. The van der Waals surface area contributed by atoms with Gasteiger partial charge in [0.25, 0.3) is 0 Å². The molecular weight excluding hydrogens is 258 g/mol. The Kier molecular flexibility index (Phi) is 3.11. The van der Waals surface area contributed by atoms with E-state index in [0.717, 1.165) is 30.6 Å². The highest BCUT2D eigenvalue weighted by atomic mass is 16.3. The average Bonchev–Trinajstić information content (AvgIpc) is 2.76. The van der Waals surface area contributed by atoms with Gasteiger partial charge in [-0.1, -0.05) is 25.5 Å². The molecule has 4 rings (SSSR count). The number of allylic oxidation sites excluding steroid dienone is 1. The topological polar surface area (TPSA) is 46.2 Å². The van der Waals surface area contributed by atoms with E-state index in [2.05, 4.69) is 19.9 Å². The number of hydrogen-bond acceptors (Lipinski definition) is 2. The van der Waals surface area contributed by atoms with Crippen molar-refractivity contribution in [1.82, 2.24) is 0 Å². The van der Waals surface area contributed by atoms with Crippen molar-refractivity contribution < 1.29 is 5.11 Å². The molecular formula is C19H31NO. The maximum Gasteiger partial charge on any atom is 0.0577 e. The molecule has 4 aliphatic carbocycles. The summed E-state index contributed by atoms with van der Waals surface area (Å²) in [6, 6.07) is 0.426. The molecule has 0 saturated heterocycles. The first-order valence-corrected chi connectivity index (χ1v) is 9.08. The molecule has 0 heterocycles. The summed E-state index contributed by atoms with van der Waals surface area (Å²) in [5.74, 6) is 2.53. The minimum atomic E-state index is -0.0883. The maximum absolute atomic E-state index is 10.0. The lowest BCUT2D eigenvalue weighted by Crippen LogP contribution is -2.52. The minimum Gasteiger partial charge on any atom is -0.393 e. The van der Waals surface area contributed by atoms with Crippen molar-refractivity contribution in [1.29, 1.82) is 0 Å². The molecule has 0 aromatic heterocycles. The molecule has 3 saturated carbocycles. The van der Waals surface area contributed by atoms with Gasteiger partial charge in [-0.2, -0.15) is 0 Å². The highest BCUT2D eigenvalue weighted by Gasteiger charge is 2.57. The second kappa shape index (κ2) is 4.58. The quantitative estimate of drug-likeness (QED) is 0.669. The molecule has 21 heavy (non-hydrogen) atoms. The van der Waals surface area contributed by atoms with Crippen LogP contribution < -0.4 is 5.73 Å². The highest BCUT2D eigenvalue weighted by Crippen LogP contribution is 2.64. The molecule has 4 aliphatic rings. The van der Waals surface area contributed by atoms with Gasteiger partial charge >= 0.3 is 0 Å². The van der Waals surface area contributed by atoms with Crippen LogP contribution in [-0.2, 0) is 0 Å². The van der Waals surface area contributed by atoms with Crippen LogP contribution in [0.25, 0.3) is 0 Å². The van der Waals surface area contributed by atoms with Gasteiger partial charge in [0.05, 0.1) is 6.10 Å². The van der Waals surface area contributed by atoms with Crippen LogP contribution in [0.1, 0.15) is 65.2 Å². The van der Waals surface area contributed by atoms with E-state index in [1.54, 1.807) is 5.57 Å². The van der Waals surface area contributed by atoms with E-state index in [-0.39, 0.29) is 6.10 Å². The number of nitrogens with two attached hydrogens (primary N) is 1. The fourth-order valence-corrected chi connectivity index (χ4v) is 6.68. The Morgan fingerprint density at radius 1 is 1.10 bits per heavy atom. The summed E-state index contributed by atoms with van der Waals surface area (Å²) < 4.78 is 0. The summed E-state index contributed by atoms with van der Waals surface area (Å²) in [4.78, 5) is 0. The summed E-state index contributed by atoms with van der Waals surface area (Å²) in [5, 5.41) is 10.0. The van der Waals surface area contributed by atoms with Crippen LogP contribution in [-0.4, -0.2) is 17.3 Å². The van der Waals surface area contributed by atoms with Gasteiger partial charge in [0.2, 0.25) is 0 Å². The van der Waals surface area contributed by atoms with Gasteiger partial charge in [-0.25, -0.2) is 0 Å². The third-order valence-electron chi connectivity index (χ3n) is 8.15. The Morgan fingerprint density at radius 3 is 2.71 bits per heavy atom. The first kappa shape index (κ1) is 14.3. The third-order valence-corrected chi connectivity index (χ3v) is 8.15. The number of hydrogen-bond donors (Lipinski definition) is 2. The summed E-state index contributed by atoms with van der Waals surface area (Å²) in [5.41, 5.74) is 8.83. The van der Waals surface area contributed by atoms with Crippen LogP contribution in [0.15, 0.2) is 11.6 Å². The molecule has 0 spiro atoms. The number of aliphatic hydroxyl groups excluding tert-OH is 1. The van der Waals surface area contributed by atoms with Crippen LogP contribution in [0.3, 0.4) is 0 Å². The van der Waals surface area contributed by atoms with Gasteiger partial charge in [-0.15, -0.1) is 0 Å². The molecule has 5 unspecified atom stereocenters.